The molecule has 0 amide bonds. The second kappa shape index (κ2) is 7.22. The van der Waals surface area contributed by atoms with E-state index < -0.39 is 10.0 Å². The molecule has 1 aliphatic heterocycles. The van der Waals surface area contributed by atoms with Crippen molar-refractivity contribution in [2.75, 3.05) is 40.0 Å². The van der Waals surface area contributed by atoms with Crippen LogP contribution < -0.4 is 10.1 Å². The average molecular weight is 314 g/mol. The number of nitrogens with one attached hydrogen (secondary N) is 1. The van der Waals surface area contributed by atoms with E-state index in [2.05, 4.69) is 5.32 Å². The number of sulfonamides is 1. The number of likely N-dealkylation sites (N-methyl/N-ethyl adjacent to an activating group) is 1. The number of ether oxygens (including phenoxy) is 2. The molecule has 0 bridgehead atoms. The molecule has 0 aliphatic carbocycles. The minimum Gasteiger partial charge on any atom is -0.492 e. The third-order valence-corrected chi connectivity index (χ3v) is 5.39. The summed E-state index contributed by atoms with van der Waals surface area (Å²) in [7, 11) is -1.62. The van der Waals surface area contributed by atoms with Gasteiger partial charge in [-0.3, -0.25) is 0 Å². The standard InChI is InChI=1S/C14H22N2O4S/c1-12-11-19-10-8-16(12)21(17,18)14-5-3-13(4-6-14)20-9-7-15-2/h3-6,12,15H,7-11H2,1-2H3. The molecule has 118 valence electrons. The largest absolute Gasteiger partial charge is 0.492 e. The number of rotatable bonds is 6. The zero-order valence-corrected chi connectivity index (χ0v) is 13.2. The molecule has 0 spiro atoms. The molecule has 1 N–H and O–H groups in total. The van der Waals surface area contributed by atoms with E-state index >= 15 is 0 Å². The Kier molecular flexibility index (Phi) is 5.58. The number of hydrogen-bond acceptors (Lipinski definition) is 5. The van der Waals surface area contributed by atoms with Gasteiger partial charge >= 0.3 is 0 Å². The summed E-state index contributed by atoms with van der Waals surface area (Å²) >= 11 is 0. The Bertz CT molecular complexity index is 545. The van der Waals surface area contributed by atoms with Crippen LogP contribution in [0, 0.1) is 0 Å². The van der Waals surface area contributed by atoms with Crippen molar-refractivity contribution < 1.29 is 17.9 Å². The van der Waals surface area contributed by atoms with Gasteiger partial charge in [0.15, 0.2) is 0 Å². The third kappa shape index (κ3) is 3.94. The fraction of sp³-hybridized carbons (Fsp3) is 0.571. The van der Waals surface area contributed by atoms with Gasteiger partial charge in [0.1, 0.15) is 12.4 Å². The zero-order valence-electron chi connectivity index (χ0n) is 12.4. The van der Waals surface area contributed by atoms with Gasteiger partial charge in [-0.1, -0.05) is 0 Å². The zero-order chi connectivity index (χ0) is 15.3. The van der Waals surface area contributed by atoms with Crippen molar-refractivity contribution in [1.82, 2.24) is 9.62 Å². The first-order valence-corrected chi connectivity index (χ1v) is 8.47. The van der Waals surface area contributed by atoms with Crippen LogP contribution in [0.15, 0.2) is 29.2 Å². The molecule has 1 aromatic carbocycles. The van der Waals surface area contributed by atoms with Gasteiger partial charge in [-0.2, -0.15) is 4.31 Å². The summed E-state index contributed by atoms with van der Waals surface area (Å²) in [4.78, 5) is 0.289. The topological polar surface area (TPSA) is 67.9 Å². The van der Waals surface area contributed by atoms with Crippen molar-refractivity contribution in [3.8, 4) is 5.75 Å². The van der Waals surface area contributed by atoms with E-state index in [4.69, 9.17) is 9.47 Å². The van der Waals surface area contributed by atoms with Crippen molar-refractivity contribution in [2.24, 2.45) is 0 Å². The lowest BCUT2D eigenvalue weighted by Gasteiger charge is -2.32. The first-order valence-electron chi connectivity index (χ1n) is 7.03. The van der Waals surface area contributed by atoms with Gasteiger partial charge < -0.3 is 14.8 Å². The predicted molar refractivity (Wildman–Crippen MR) is 80.0 cm³/mol. The molecular formula is C14H22N2O4S. The van der Waals surface area contributed by atoms with Crippen LogP contribution >= 0.6 is 0 Å². The van der Waals surface area contributed by atoms with E-state index in [1.54, 1.807) is 24.3 Å². The van der Waals surface area contributed by atoms with Crippen LogP contribution in [0.3, 0.4) is 0 Å². The highest BCUT2D eigenvalue weighted by Crippen LogP contribution is 2.22. The maximum atomic E-state index is 12.6. The van der Waals surface area contributed by atoms with E-state index in [-0.39, 0.29) is 10.9 Å². The Morgan fingerprint density at radius 2 is 2.10 bits per heavy atom. The van der Waals surface area contributed by atoms with Crippen molar-refractivity contribution in [3.63, 3.8) is 0 Å². The Morgan fingerprint density at radius 1 is 1.38 bits per heavy atom. The SMILES string of the molecule is CNCCOc1ccc(S(=O)(=O)N2CCOCC2C)cc1. The summed E-state index contributed by atoms with van der Waals surface area (Å²) in [6.45, 7) is 4.41. The molecule has 0 radical (unpaired) electrons. The minimum absolute atomic E-state index is 0.143. The minimum atomic E-state index is -3.47. The molecule has 1 aromatic rings. The number of benzene rings is 1. The van der Waals surface area contributed by atoms with E-state index in [1.165, 1.54) is 4.31 Å². The van der Waals surface area contributed by atoms with Crippen LogP contribution in [0.1, 0.15) is 6.92 Å². The smallest absolute Gasteiger partial charge is 0.243 e. The normalized spacial score (nSPS) is 20.4. The predicted octanol–water partition coefficient (Wildman–Crippen LogP) is 0.694. The molecule has 1 heterocycles. The highest BCUT2D eigenvalue weighted by atomic mass is 32.2. The number of hydrogen-bond donors (Lipinski definition) is 1. The van der Waals surface area contributed by atoms with Crippen molar-refractivity contribution in [2.45, 2.75) is 17.9 Å². The lowest BCUT2D eigenvalue weighted by atomic mass is 10.3. The van der Waals surface area contributed by atoms with Crippen LogP contribution in [0.4, 0.5) is 0 Å². The Hall–Kier alpha value is -1.15. The second-order valence-corrected chi connectivity index (χ2v) is 6.85. The monoisotopic (exact) mass is 314 g/mol. The molecule has 0 saturated carbocycles. The van der Waals surface area contributed by atoms with Crippen LogP contribution in [0.2, 0.25) is 0 Å². The molecule has 7 heteroatoms. The number of nitrogens with zero attached hydrogens (tertiary/aromatic N) is 1. The fourth-order valence-electron chi connectivity index (χ4n) is 2.18. The van der Waals surface area contributed by atoms with Gasteiger partial charge in [0.25, 0.3) is 0 Å². The molecule has 1 unspecified atom stereocenters. The third-order valence-electron chi connectivity index (χ3n) is 3.36. The summed E-state index contributed by atoms with van der Waals surface area (Å²) in [6.07, 6.45) is 0. The average Bonchev–Trinajstić information content (AvgIpc) is 2.48. The van der Waals surface area contributed by atoms with Crippen molar-refractivity contribution >= 4 is 10.0 Å². The summed E-state index contributed by atoms with van der Waals surface area (Å²) in [6, 6.07) is 6.41. The van der Waals surface area contributed by atoms with Gasteiger partial charge in [0.05, 0.1) is 18.1 Å². The maximum absolute atomic E-state index is 12.6. The van der Waals surface area contributed by atoms with Crippen molar-refractivity contribution in [1.29, 1.82) is 0 Å². The fourth-order valence-corrected chi connectivity index (χ4v) is 3.78. The summed E-state index contributed by atoms with van der Waals surface area (Å²) in [5, 5.41) is 2.98. The summed E-state index contributed by atoms with van der Waals surface area (Å²) < 4.78 is 37.4. The molecule has 0 aromatic heterocycles. The van der Waals surface area contributed by atoms with Crippen molar-refractivity contribution in [3.05, 3.63) is 24.3 Å². The Morgan fingerprint density at radius 3 is 2.71 bits per heavy atom. The van der Waals surface area contributed by atoms with E-state index in [0.717, 1.165) is 6.54 Å². The second-order valence-electron chi connectivity index (χ2n) is 4.96. The molecule has 1 fully saturated rings. The quantitative estimate of drug-likeness (QED) is 0.783. The molecule has 21 heavy (non-hydrogen) atoms. The first-order chi connectivity index (χ1) is 10.1. The summed E-state index contributed by atoms with van der Waals surface area (Å²) in [5.74, 6) is 0.666. The van der Waals surface area contributed by atoms with Gasteiger partial charge in [-0.15, -0.1) is 0 Å². The van der Waals surface area contributed by atoms with Crippen LogP contribution in [-0.4, -0.2) is 58.7 Å². The van der Waals surface area contributed by atoms with Crippen LogP contribution in [-0.2, 0) is 14.8 Å². The Labute approximate surface area is 126 Å². The highest BCUT2D eigenvalue weighted by molar-refractivity contribution is 7.89. The Balaban J connectivity index is 2.09. The van der Waals surface area contributed by atoms with Gasteiger partial charge in [0.2, 0.25) is 10.0 Å². The molecule has 6 nitrogen and oxygen atoms in total. The molecular weight excluding hydrogens is 292 g/mol. The maximum Gasteiger partial charge on any atom is 0.243 e. The van der Waals surface area contributed by atoms with E-state index in [1.807, 2.05) is 14.0 Å². The lowest BCUT2D eigenvalue weighted by Crippen LogP contribution is -2.46. The van der Waals surface area contributed by atoms with Gasteiger partial charge in [0, 0.05) is 19.1 Å². The molecule has 1 atom stereocenters. The molecule has 1 saturated heterocycles. The van der Waals surface area contributed by atoms with E-state index in [0.29, 0.717) is 32.1 Å². The summed E-state index contributed by atoms with van der Waals surface area (Å²) in [5.41, 5.74) is 0. The van der Waals surface area contributed by atoms with Crippen LogP contribution in [0.5, 0.6) is 5.75 Å². The lowest BCUT2D eigenvalue weighted by molar-refractivity contribution is 0.0393. The van der Waals surface area contributed by atoms with Gasteiger partial charge in [-0.25, -0.2) is 8.42 Å². The van der Waals surface area contributed by atoms with Crippen LogP contribution in [0.25, 0.3) is 0 Å². The highest BCUT2D eigenvalue weighted by Gasteiger charge is 2.31. The van der Waals surface area contributed by atoms with E-state index in [9.17, 15) is 8.42 Å². The number of morpholine rings is 1. The first kappa shape index (κ1) is 16.2. The van der Waals surface area contributed by atoms with Gasteiger partial charge in [-0.05, 0) is 38.2 Å². The molecule has 2 rings (SSSR count). The molecule has 1 aliphatic rings.